The number of benzene rings is 1. The summed E-state index contributed by atoms with van der Waals surface area (Å²) in [5.41, 5.74) is 2.22. The van der Waals surface area contributed by atoms with Crippen molar-refractivity contribution in [1.82, 2.24) is 9.97 Å². The van der Waals surface area contributed by atoms with Crippen molar-refractivity contribution in [3.63, 3.8) is 0 Å². The molecule has 2 N–H and O–H groups in total. The lowest BCUT2D eigenvalue weighted by Gasteiger charge is -2.12. The number of para-hydroxylation sites is 1. The first-order chi connectivity index (χ1) is 9.22. The van der Waals surface area contributed by atoms with E-state index in [0.29, 0.717) is 0 Å². The number of aryl methyl sites for hydroxylation is 1. The molecule has 5 heteroatoms. The Morgan fingerprint density at radius 1 is 1.16 bits per heavy atom. The highest BCUT2D eigenvalue weighted by molar-refractivity contribution is 9.10. The SMILES string of the molecule is CCCNc1ncnc(Nc2ccccc2C)c1Br. The maximum atomic E-state index is 4.27. The molecule has 0 aliphatic heterocycles. The summed E-state index contributed by atoms with van der Waals surface area (Å²) in [6, 6.07) is 8.11. The summed E-state index contributed by atoms with van der Waals surface area (Å²) in [5.74, 6) is 1.58. The predicted octanol–water partition coefficient (Wildman–Crippen LogP) is 4.11. The monoisotopic (exact) mass is 320 g/mol. The van der Waals surface area contributed by atoms with Crippen LogP contribution in [-0.4, -0.2) is 16.5 Å². The van der Waals surface area contributed by atoms with E-state index in [0.717, 1.165) is 34.8 Å². The minimum Gasteiger partial charge on any atom is -0.369 e. The molecule has 0 aliphatic carbocycles. The fraction of sp³-hybridized carbons (Fsp3) is 0.286. The summed E-state index contributed by atoms with van der Waals surface area (Å²) in [6.45, 7) is 5.07. The van der Waals surface area contributed by atoms with E-state index in [-0.39, 0.29) is 0 Å². The Hall–Kier alpha value is -1.62. The molecule has 4 nitrogen and oxygen atoms in total. The lowest BCUT2D eigenvalue weighted by Crippen LogP contribution is -2.05. The van der Waals surface area contributed by atoms with E-state index in [2.05, 4.69) is 56.4 Å². The van der Waals surface area contributed by atoms with Crippen LogP contribution in [-0.2, 0) is 0 Å². The summed E-state index contributed by atoms with van der Waals surface area (Å²) >= 11 is 3.54. The van der Waals surface area contributed by atoms with Gasteiger partial charge in [-0.05, 0) is 40.9 Å². The smallest absolute Gasteiger partial charge is 0.150 e. The van der Waals surface area contributed by atoms with Crippen LogP contribution < -0.4 is 10.6 Å². The van der Waals surface area contributed by atoms with Gasteiger partial charge in [0, 0.05) is 12.2 Å². The molecule has 0 aliphatic rings. The number of hydrogen-bond acceptors (Lipinski definition) is 4. The molecular formula is C14H17BrN4. The highest BCUT2D eigenvalue weighted by Crippen LogP contribution is 2.29. The van der Waals surface area contributed by atoms with Crippen molar-refractivity contribution in [2.45, 2.75) is 20.3 Å². The minimum atomic E-state index is 0.767. The molecule has 0 atom stereocenters. The Balaban J connectivity index is 2.23. The Morgan fingerprint density at radius 3 is 2.63 bits per heavy atom. The molecule has 1 aromatic carbocycles. The highest BCUT2D eigenvalue weighted by Gasteiger charge is 2.09. The minimum absolute atomic E-state index is 0.767. The van der Waals surface area contributed by atoms with Gasteiger partial charge in [0.25, 0.3) is 0 Å². The molecule has 0 fully saturated rings. The standard InChI is InChI=1S/C14H17BrN4/c1-3-8-16-13-12(15)14(18-9-17-13)19-11-7-5-4-6-10(11)2/h4-7,9H,3,8H2,1-2H3,(H2,16,17,18,19). The fourth-order valence-electron chi connectivity index (χ4n) is 1.66. The number of anilines is 3. The molecule has 19 heavy (non-hydrogen) atoms. The maximum Gasteiger partial charge on any atom is 0.150 e. The Morgan fingerprint density at radius 2 is 1.89 bits per heavy atom. The van der Waals surface area contributed by atoms with Gasteiger partial charge in [-0.25, -0.2) is 9.97 Å². The van der Waals surface area contributed by atoms with Gasteiger partial charge in [0.15, 0.2) is 0 Å². The van der Waals surface area contributed by atoms with E-state index >= 15 is 0 Å². The van der Waals surface area contributed by atoms with Crippen LogP contribution in [0.1, 0.15) is 18.9 Å². The summed E-state index contributed by atoms with van der Waals surface area (Å²) in [4.78, 5) is 8.51. The zero-order chi connectivity index (χ0) is 13.7. The zero-order valence-electron chi connectivity index (χ0n) is 11.1. The van der Waals surface area contributed by atoms with Crippen LogP contribution in [0.4, 0.5) is 17.3 Å². The fourth-order valence-corrected chi connectivity index (χ4v) is 2.11. The van der Waals surface area contributed by atoms with Gasteiger partial charge in [0.2, 0.25) is 0 Å². The Kier molecular flexibility index (Phi) is 4.74. The van der Waals surface area contributed by atoms with Gasteiger partial charge in [-0.2, -0.15) is 0 Å². The molecule has 2 aromatic rings. The van der Waals surface area contributed by atoms with Gasteiger partial charge in [-0.1, -0.05) is 25.1 Å². The van der Waals surface area contributed by atoms with E-state index in [1.165, 1.54) is 5.56 Å². The Labute approximate surface area is 121 Å². The van der Waals surface area contributed by atoms with Crippen molar-refractivity contribution >= 4 is 33.3 Å². The number of aromatic nitrogens is 2. The van der Waals surface area contributed by atoms with E-state index in [1.807, 2.05) is 18.2 Å². The van der Waals surface area contributed by atoms with Crippen LogP contribution in [0.3, 0.4) is 0 Å². The van der Waals surface area contributed by atoms with Crippen LogP contribution in [0.25, 0.3) is 0 Å². The second-order valence-corrected chi connectivity index (χ2v) is 5.04. The van der Waals surface area contributed by atoms with Crippen molar-refractivity contribution in [2.75, 3.05) is 17.2 Å². The number of nitrogens with zero attached hydrogens (tertiary/aromatic N) is 2. The normalized spacial score (nSPS) is 10.3. The lowest BCUT2D eigenvalue weighted by molar-refractivity contribution is 0.962. The van der Waals surface area contributed by atoms with E-state index in [1.54, 1.807) is 6.33 Å². The summed E-state index contributed by atoms with van der Waals surface area (Å²) in [6.07, 6.45) is 2.61. The molecule has 1 heterocycles. The quantitative estimate of drug-likeness (QED) is 0.870. The third kappa shape index (κ3) is 3.44. The van der Waals surface area contributed by atoms with Gasteiger partial charge in [-0.3, -0.25) is 0 Å². The molecular weight excluding hydrogens is 304 g/mol. The number of nitrogens with one attached hydrogen (secondary N) is 2. The molecule has 0 saturated carbocycles. The van der Waals surface area contributed by atoms with Crippen LogP contribution in [0, 0.1) is 6.92 Å². The average molecular weight is 321 g/mol. The number of hydrogen-bond donors (Lipinski definition) is 2. The molecule has 0 spiro atoms. The summed E-state index contributed by atoms with van der Waals surface area (Å²) in [7, 11) is 0. The highest BCUT2D eigenvalue weighted by atomic mass is 79.9. The number of rotatable bonds is 5. The van der Waals surface area contributed by atoms with Crippen LogP contribution in [0.5, 0.6) is 0 Å². The van der Waals surface area contributed by atoms with Gasteiger partial charge in [-0.15, -0.1) is 0 Å². The van der Waals surface area contributed by atoms with Crippen molar-refractivity contribution in [3.8, 4) is 0 Å². The van der Waals surface area contributed by atoms with E-state index < -0.39 is 0 Å². The largest absolute Gasteiger partial charge is 0.369 e. The molecule has 100 valence electrons. The van der Waals surface area contributed by atoms with Gasteiger partial charge in [0.05, 0.1) is 0 Å². The molecule has 0 bridgehead atoms. The van der Waals surface area contributed by atoms with Gasteiger partial charge in [0.1, 0.15) is 22.4 Å². The molecule has 2 rings (SSSR count). The van der Waals surface area contributed by atoms with E-state index in [9.17, 15) is 0 Å². The first-order valence-electron chi connectivity index (χ1n) is 6.29. The van der Waals surface area contributed by atoms with Crippen molar-refractivity contribution in [3.05, 3.63) is 40.6 Å². The molecule has 0 amide bonds. The lowest BCUT2D eigenvalue weighted by atomic mass is 10.2. The second-order valence-electron chi connectivity index (χ2n) is 4.25. The molecule has 0 saturated heterocycles. The van der Waals surface area contributed by atoms with E-state index in [4.69, 9.17) is 0 Å². The van der Waals surface area contributed by atoms with Crippen molar-refractivity contribution in [1.29, 1.82) is 0 Å². The first-order valence-corrected chi connectivity index (χ1v) is 7.08. The molecule has 0 radical (unpaired) electrons. The van der Waals surface area contributed by atoms with Crippen LogP contribution in [0.15, 0.2) is 35.1 Å². The third-order valence-corrected chi connectivity index (χ3v) is 3.48. The van der Waals surface area contributed by atoms with Crippen molar-refractivity contribution < 1.29 is 0 Å². The van der Waals surface area contributed by atoms with Crippen LogP contribution >= 0.6 is 15.9 Å². The molecule has 0 unspecified atom stereocenters. The Bertz CT molecular complexity index is 557. The average Bonchev–Trinajstić information content (AvgIpc) is 2.42. The van der Waals surface area contributed by atoms with Gasteiger partial charge < -0.3 is 10.6 Å². The summed E-state index contributed by atoms with van der Waals surface area (Å²) in [5, 5.41) is 6.58. The number of halogens is 1. The molecule has 1 aromatic heterocycles. The maximum absolute atomic E-state index is 4.27. The first kappa shape index (κ1) is 13.8. The zero-order valence-corrected chi connectivity index (χ0v) is 12.7. The van der Waals surface area contributed by atoms with Crippen molar-refractivity contribution in [2.24, 2.45) is 0 Å². The third-order valence-electron chi connectivity index (χ3n) is 2.73. The van der Waals surface area contributed by atoms with Crippen LogP contribution in [0.2, 0.25) is 0 Å². The summed E-state index contributed by atoms with van der Waals surface area (Å²) < 4.78 is 0.853. The predicted molar refractivity (Wildman–Crippen MR) is 83.0 cm³/mol. The topological polar surface area (TPSA) is 49.8 Å². The second kappa shape index (κ2) is 6.52. The van der Waals surface area contributed by atoms with Gasteiger partial charge >= 0.3 is 0 Å².